The van der Waals surface area contributed by atoms with Crippen LogP contribution in [0.5, 0.6) is 0 Å². The molecule has 0 amide bonds. The van der Waals surface area contributed by atoms with Crippen LogP contribution in [0.3, 0.4) is 0 Å². The monoisotopic (exact) mass is 139 g/mol. The van der Waals surface area contributed by atoms with Crippen LogP contribution in [0.4, 0.5) is 0 Å². The Labute approximate surface area is 59.2 Å². The van der Waals surface area contributed by atoms with Gasteiger partial charge in [0.25, 0.3) is 0 Å². The fourth-order valence-corrected chi connectivity index (χ4v) is 1.45. The Morgan fingerprint density at radius 3 is 3.30 bits per heavy atom. The summed E-state index contributed by atoms with van der Waals surface area (Å²) < 4.78 is 6.10. The molecule has 0 aromatic carbocycles. The molecule has 3 nitrogen and oxygen atoms in total. The normalized spacial score (nSPS) is 36.5. The number of ether oxygens (including phenoxy) is 1. The van der Waals surface area contributed by atoms with Crippen molar-refractivity contribution >= 4 is 5.71 Å². The molecule has 54 valence electrons. The molecular formula is C7H9NO2. The average Bonchev–Trinajstić information content (AvgIpc) is 2.03. The zero-order valence-corrected chi connectivity index (χ0v) is 5.78. The fourth-order valence-electron chi connectivity index (χ4n) is 1.45. The fraction of sp³-hybridized carbons (Fsp3) is 0.571. The third-order valence-corrected chi connectivity index (χ3v) is 2.22. The van der Waals surface area contributed by atoms with Gasteiger partial charge in [0.1, 0.15) is 12.5 Å². The topological polar surface area (TPSA) is 35.3 Å². The highest BCUT2D eigenvalue weighted by molar-refractivity contribution is 5.84. The molecule has 0 radical (unpaired) electrons. The van der Waals surface area contributed by atoms with E-state index in [9.17, 15) is 5.21 Å². The molecule has 2 unspecified atom stereocenters. The first-order chi connectivity index (χ1) is 4.80. The molecule has 0 fully saturated rings. The molecule has 0 aromatic rings. The Kier molecular flexibility index (Phi) is 1.01. The molecule has 3 heteroatoms. The maximum absolute atomic E-state index is 11.0. The minimum absolute atomic E-state index is 0.0637. The summed E-state index contributed by atoms with van der Waals surface area (Å²) in [7, 11) is 0. The Hall–Kier alpha value is -0.990. The maximum Gasteiger partial charge on any atom is 0.200 e. The van der Waals surface area contributed by atoms with Crippen LogP contribution < -0.4 is 0 Å². The zero-order chi connectivity index (χ0) is 7.14. The van der Waals surface area contributed by atoms with Gasteiger partial charge >= 0.3 is 0 Å². The van der Waals surface area contributed by atoms with E-state index in [0.29, 0.717) is 12.5 Å². The number of hydroxylamine groups is 1. The van der Waals surface area contributed by atoms with Gasteiger partial charge in [0.15, 0.2) is 5.71 Å². The lowest BCUT2D eigenvalue weighted by molar-refractivity contribution is -0.533. The molecule has 2 atom stereocenters. The molecule has 0 saturated heterocycles. The second kappa shape index (κ2) is 1.75. The van der Waals surface area contributed by atoms with E-state index in [1.807, 2.05) is 13.0 Å². The van der Waals surface area contributed by atoms with E-state index >= 15 is 0 Å². The van der Waals surface area contributed by atoms with Gasteiger partial charge in [-0.1, -0.05) is 0 Å². The van der Waals surface area contributed by atoms with Crippen LogP contribution in [0.1, 0.15) is 6.92 Å². The summed E-state index contributed by atoms with van der Waals surface area (Å²) in [5.41, 5.74) is 0.898. The lowest BCUT2D eigenvalue weighted by Crippen LogP contribution is -2.51. The van der Waals surface area contributed by atoms with Crippen LogP contribution in [0, 0.1) is 11.1 Å². The van der Waals surface area contributed by atoms with E-state index in [2.05, 4.69) is 0 Å². The average molecular weight is 139 g/mol. The molecule has 0 aromatic heterocycles. The van der Waals surface area contributed by atoms with Crippen LogP contribution in [0.15, 0.2) is 12.3 Å². The summed E-state index contributed by atoms with van der Waals surface area (Å²) in [5.74, 6) is 0.350. The van der Waals surface area contributed by atoms with Crippen LogP contribution in [0.25, 0.3) is 0 Å². The highest BCUT2D eigenvalue weighted by Crippen LogP contribution is 2.24. The van der Waals surface area contributed by atoms with Crippen molar-refractivity contribution in [2.45, 2.75) is 13.0 Å². The summed E-state index contributed by atoms with van der Waals surface area (Å²) >= 11 is 0. The number of hydrogen-bond acceptors (Lipinski definition) is 2. The molecule has 2 heterocycles. The second-order valence-corrected chi connectivity index (χ2v) is 2.73. The number of hydrogen-bond donors (Lipinski definition) is 0. The lowest BCUT2D eigenvalue weighted by Gasteiger charge is -2.34. The largest absolute Gasteiger partial charge is 0.623 e. The van der Waals surface area contributed by atoms with Gasteiger partial charge in [0.05, 0.1) is 6.26 Å². The smallest absolute Gasteiger partial charge is 0.200 e. The van der Waals surface area contributed by atoms with E-state index < -0.39 is 0 Å². The number of nitrogens with zero attached hydrogens (tertiary/aromatic N) is 1. The van der Waals surface area contributed by atoms with Crippen molar-refractivity contribution in [3.05, 3.63) is 17.5 Å². The summed E-state index contributed by atoms with van der Waals surface area (Å²) in [4.78, 5) is 0. The summed E-state index contributed by atoms with van der Waals surface area (Å²) in [6.07, 6.45) is 3.42. The van der Waals surface area contributed by atoms with Crippen LogP contribution >= 0.6 is 0 Å². The van der Waals surface area contributed by atoms with Gasteiger partial charge in [0.2, 0.25) is 6.04 Å². The third-order valence-electron chi connectivity index (χ3n) is 2.22. The van der Waals surface area contributed by atoms with Crippen molar-refractivity contribution in [2.24, 2.45) is 5.92 Å². The van der Waals surface area contributed by atoms with Crippen molar-refractivity contribution in [1.82, 2.24) is 0 Å². The predicted octanol–water partition coefficient (Wildman–Crippen LogP) is 0.500. The summed E-state index contributed by atoms with van der Waals surface area (Å²) in [6, 6.07) is 0.0637. The van der Waals surface area contributed by atoms with E-state index in [1.54, 1.807) is 6.26 Å². The summed E-state index contributed by atoms with van der Waals surface area (Å²) in [6.45, 7) is 2.53. The Bertz CT molecular complexity index is 220. The van der Waals surface area contributed by atoms with Crippen molar-refractivity contribution in [3.8, 4) is 0 Å². The Balaban J connectivity index is 2.27. The molecule has 10 heavy (non-hydrogen) atoms. The van der Waals surface area contributed by atoms with Crippen LogP contribution in [0.2, 0.25) is 0 Å². The van der Waals surface area contributed by atoms with E-state index in [1.165, 1.54) is 0 Å². The third kappa shape index (κ3) is 0.523. The molecular weight excluding hydrogens is 130 g/mol. The zero-order valence-electron chi connectivity index (χ0n) is 5.78. The van der Waals surface area contributed by atoms with Gasteiger partial charge in [-0.15, -0.1) is 0 Å². The van der Waals surface area contributed by atoms with Crippen molar-refractivity contribution in [3.63, 3.8) is 0 Å². The van der Waals surface area contributed by atoms with Gasteiger partial charge in [-0.3, -0.25) is 0 Å². The quantitative estimate of drug-likeness (QED) is 0.362. The molecule has 0 aliphatic carbocycles. The Morgan fingerprint density at radius 1 is 1.80 bits per heavy atom. The highest BCUT2D eigenvalue weighted by atomic mass is 16.5. The predicted molar refractivity (Wildman–Crippen MR) is 36.7 cm³/mol. The van der Waals surface area contributed by atoms with Gasteiger partial charge in [-0.25, -0.2) is 4.74 Å². The molecule has 0 N–H and O–H groups in total. The lowest BCUT2D eigenvalue weighted by atomic mass is 9.88. The van der Waals surface area contributed by atoms with Crippen molar-refractivity contribution in [2.75, 3.05) is 6.61 Å². The van der Waals surface area contributed by atoms with Gasteiger partial charge in [0, 0.05) is 13.0 Å². The molecule has 2 aliphatic rings. The highest BCUT2D eigenvalue weighted by Gasteiger charge is 2.44. The molecule has 2 rings (SSSR count). The summed E-state index contributed by atoms with van der Waals surface area (Å²) in [5, 5.41) is 11.0. The standard InChI is InChI=1S/C7H9NO2/c1-5-6-4-10-3-2-7(6)8(5)9/h2-3,6-7H,4H2,1H3. The first kappa shape index (κ1) is 5.77. The first-order valence-electron chi connectivity index (χ1n) is 3.39. The van der Waals surface area contributed by atoms with Gasteiger partial charge < -0.3 is 9.94 Å². The maximum atomic E-state index is 11.0. The first-order valence-corrected chi connectivity index (χ1v) is 3.39. The van der Waals surface area contributed by atoms with Crippen molar-refractivity contribution in [1.29, 1.82) is 0 Å². The van der Waals surface area contributed by atoms with Crippen molar-refractivity contribution < 1.29 is 9.48 Å². The van der Waals surface area contributed by atoms with E-state index in [4.69, 9.17) is 4.74 Å². The molecule has 2 aliphatic heterocycles. The minimum Gasteiger partial charge on any atom is -0.623 e. The van der Waals surface area contributed by atoms with E-state index in [-0.39, 0.29) is 6.04 Å². The molecule has 0 bridgehead atoms. The SMILES string of the molecule is CC1=[N+]([O-])C2C=COCC12. The number of rotatable bonds is 0. The van der Waals surface area contributed by atoms with Gasteiger partial charge in [-0.2, -0.15) is 0 Å². The molecule has 0 saturated carbocycles. The van der Waals surface area contributed by atoms with Crippen LogP contribution in [-0.4, -0.2) is 23.1 Å². The second-order valence-electron chi connectivity index (χ2n) is 2.73. The van der Waals surface area contributed by atoms with Crippen LogP contribution in [-0.2, 0) is 4.74 Å². The van der Waals surface area contributed by atoms with Gasteiger partial charge in [-0.05, 0) is 0 Å². The Morgan fingerprint density at radius 2 is 2.60 bits per heavy atom. The minimum atomic E-state index is 0.0637. The molecule has 0 spiro atoms. The van der Waals surface area contributed by atoms with E-state index in [0.717, 1.165) is 10.5 Å². The number of fused-ring (bicyclic) bond motifs is 1.